The van der Waals surface area contributed by atoms with E-state index in [9.17, 15) is 9.59 Å². The minimum Gasteiger partial charge on any atom is -0.465 e. The summed E-state index contributed by atoms with van der Waals surface area (Å²) < 4.78 is 21.1. The summed E-state index contributed by atoms with van der Waals surface area (Å²) in [6.07, 6.45) is 7.09. The summed E-state index contributed by atoms with van der Waals surface area (Å²) in [6.45, 7) is 2.03. The van der Waals surface area contributed by atoms with Crippen LogP contribution < -0.4 is 10.6 Å². The van der Waals surface area contributed by atoms with Crippen molar-refractivity contribution in [2.45, 2.75) is 63.5 Å². The number of hydrogen-bond donors (Lipinski definition) is 3. The predicted octanol–water partition coefficient (Wildman–Crippen LogP) is 5.13. The number of nitrogens with zero attached hydrogens (tertiary/aromatic N) is 2. The molecule has 1 aromatic carbocycles. The van der Waals surface area contributed by atoms with Crippen molar-refractivity contribution in [2.75, 3.05) is 46.9 Å². The van der Waals surface area contributed by atoms with E-state index in [1.165, 1.54) is 45.2 Å². The molecule has 1 aliphatic carbocycles. The molecule has 1 saturated heterocycles. The molecule has 1 aromatic rings. The first-order valence-corrected chi connectivity index (χ1v) is 13.9. The lowest BCUT2D eigenvalue weighted by molar-refractivity contribution is -0.0173. The van der Waals surface area contributed by atoms with E-state index in [0.717, 1.165) is 30.7 Å². The van der Waals surface area contributed by atoms with E-state index in [1.54, 1.807) is 17.0 Å². The van der Waals surface area contributed by atoms with Crippen molar-refractivity contribution < 1.29 is 23.8 Å². The van der Waals surface area contributed by atoms with Crippen LogP contribution in [-0.2, 0) is 4.74 Å². The molecule has 8 nitrogen and oxygen atoms in total. The van der Waals surface area contributed by atoms with Crippen molar-refractivity contribution in [1.29, 1.82) is 0 Å². The van der Waals surface area contributed by atoms with Gasteiger partial charge in [-0.2, -0.15) is 0 Å². The molecule has 37 heavy (non-hydrogen) atoms. The Kier molecular flexibility index (Phi) is 11.7. The van der Waals surface area contributed by atoms with E-state index in [2.05, 4.69) is 10.6 Å². The van der Waals surface area contributed by atoms with Crippen LogP contribution in [0.25, 0.3) is 0 Å². The molecule has 3 rings (SSSR count). The fourth-order valence-corrected chi connectivity index (χ4v) is 5.79. The summed E-state index contributed by atoms with van der Waals surface area (Å²) in [4.78, 5) is 27.4. The van der Waals surface area contributed by atoms with Crippen molar-refractivity contribution in [1.82, 2.24) is 20.4 Å². The number of carboxylic acid groups (broad SMARTS) is 1. The molecular weight excluding hydrogens is 499 g/mol. The number of carbonyl (C=O) groups is 2. The molecule has 3 amide bonds. The van der Waals surface area contributed by atoms with E-state index in [4.69, 9.17) is 21.4 Å². The molecule has 1 aliphatic heterocycles. The fourth-order valence-electron chi connectivity index (χ4n) is 5.60. The number of nitrogens with one attached hydrogen (secondary N) is 2. The zero-order chi connectivity index (χ0) is 26.8. The maximum absolute atomic E-state index is 15.0. The van der Waals surface area contributed by atoms with Gasteiger partial charge in [0.15, 0.2) is 0 Å². The number of halogens is 2. The molecule has 10 heteroatoms. The zero-order valence-corrected chi connectivity index (χ0v) is 22.8. The number of likely N-dealkylation sites (N-methyl/N-ethyl adjacent to an activating group) is 2. The smallest absolute Gasteiger partial charge is 0.407 e. The van der Waals surface area contributed by atoms with E-state index >= 15 is 4.39 Å². The molecule has 0 bridgehead atoms. The van der Waals surface area contributed by atoms with Gasteiger partial charge in [-0.15, -0.1) is 0 Å². The SMILES string of the molecule is CNC[C@H](CC1CCCCC1)NC(=O)N1CCC[C@@H]([C@@H](OCCN(C)C(=O)O)c2cccc(Cl)c2F)C1. The summed E-state index contributed by atoms with van der Waals surface area (Å²) in [5.74, 6) is -0.0402. The molecule has 208 valence electrons. The predicted molar refractivity (Wildman–Crippen MR) is 142 cm³/mol. The summed E-state index contributed by atoms with van der Waals surface area (Å²) in [5, 5.41) is 15.6. The highest BCUT2D eigenvalue weighted by molar-refractivity contribution is 6.30. The molecule has 0 spiro atoms. The third kappa shape index (κ3) is 8.72. The second-order valence-electron chi connectivity index (χ2n) is 10.4. The number of likely N-dealkylation sites (tertiary alicyclic amines) is 1. The topological polar surface area (TPSA) is 94.1 Å². The molecule has 2 fully saturated rings. The third-order valence-electron chi connectivity index (χ3n) is 7.63. The number of ether oxygens (including phenoxy) is 1. The Morgan fingerprint density at radius 3 is 2.70 bits per heavy atom. The van der Waals surface area contributed by atoms with Gasteiger partial charge in [0.1, 0.15) is 5.82 Å². The van der Waals surface area contributed by atoms with E-state index in [-0.39, 0.29) is 36.2 Å². The van der Waals surface area contributed by atoms with Gasteiger partial charge in [-0.1, -0.05) is 55.8 Å². The van der Waals surface area contributed by atoms with Crippen LogP contribution in [0.15, 0.2) is 18.2 Å². The van der Waals surface area contributed by atoms with Gasteiger partial charge in [0, 0.05) is 50.7 Å². The lowest BCUT2D eigenvalue weighted by Crippen LogP contribution is -2.52. The van der Waals surface area contributed by atoms with Gasteiger partial charge in [0.05, 0.1) is 17.7 Å². The number of piperidine rings is 1. The number of urea groups is 1. The van der Waals surface area contributed by atoms with Crippen LogP contribution in [0.5, 0.6) is 0 Å². The Morgan fingerprint density at radius 2 is 2.00 bits per heavy atom. The Morgan fingerprint density at radius 1 is 1.24 bits per heavy atom. The zero-order valence-electron chi connectivity index (χ0n) is 22.1. The molecule has 0 radical (unpaired) electrons. The maximum atomic E-state index is 15.0. The van der Waals surface area contributed by atoms with Crippen molar-refractivity contribution >= 4 is 23.7 Å². The highest BCUT2D eigenvalue weighted by atomic mass is 35.5. The average Bonchev–Trinajstić information content (AvgIpc) is 2.89. The van der Waals surface area contributed by atoms with Crippen molar-refractivity contribution in [2.24, 2.45) is 11.8 Å². The van der Waals surface area contributed by atoms with Crippen molar-refractivity contribution in [3.05, 3.63) is 34.6 Å². The standard InChI is InChI=1S/C27H42ClFN4O4/c1-30-17-21(16-19-8-4-3-5-9-19)31-26(34)33-13-7-10-20(18-33)25(37-15-14-32(2)27(35)36)22-11-6-12-23(28)24(22)29/h6,11-12,19-21,25,30H,3-5,7-10,13-18H2,1-2H3,(H,31,34)(H,35,36)/t20-,21+,25-/m1/s1. The van der Waals surface area contributed by atoms with E-state index < -0.39 is 18.0 Å². The molecule has 0 unspecified atom stereocenters. The molecular formula is C27H42ClFN4O4. The summed E-state index contributed by atoms with van der Waals surface area (Å²) >= 11 is 6.07. The molecule has 0 aromatic heterocycles. The van der Waals surface area contributed by atoms with E-state index in [1.807, 2.05) is 7.05 Å². The first-order valence-electron chi connectivity index (χ1n) is 13.5. The Bertz CT molecular complexity index is 886. The average molecular weight is 541 g/mol. The quantitative estimate of drug-likeness (QED) is 0.362. The van der Waals surface area contributed by atoms with Gasteiger partial charge in [0.25, 0.3) is 0 Å². The minimum atomic E-state index is -1.06. The number of rotatable bonds is 11. The van der Waals surface area contributed by atoms with Crippen molar-refractivity contribution in [3.63, 3.8) is 0 Å². The molecule has 3 N–H and O–H groups in total. The maximum Gasteiger partial charge on any atom is 0.407 e. The van der Waals surface area contributed by atoms with E-state index in [0.29, 0.717) is 24.6 Å². The fraction of sp³-hybridized carbons (Fsp3) is 0.704. The second-order valence-corrected chi connectivity index (χ2v) is 10.8. The number of benzene rings is 1. The summed E-state index contributed by atoms with van der Waals surface area (Å²) in [5.41, 5.74) is 0.336. The summed E-state index contributed by atoms with van der Waals surface area (Å²) in [6, 6.07) is 4.78. The van der Waals surface area contributed by atoms with Gasteiger partial charge >= 0.3 is 12.1 Å². The van der Waals surface area contributed by atoms with Crippen LogP contribution in [0.3, 0.4) is 0 Å². The molecule has 3 atom stereocenters. The molecule has 1 saturated carbocycles. The largest absolute Gasteiger partial charge is 0.465 e. The number of carbonyl (C=O) groups excluding carboxylic acids is 1. The lowest BCUT2D eigenvalue weighted by Gasteiger charge is -2.38. The second kappa shape index (κ2) is 14.7. The van der Waals surface area contributed by atoms with Gasteiger partial charge < -0.3 is 30.3 Å². The normalized spacial score (nSPS) is 20.3. The van der Waals surface area contributed by atoms with Crippen LogP contribution in [0.2, 0.25) is 5.02 Å². The highest BCUT2D eigenvalue weighted by Gasteiger charge is 2.34. The van der Waals surface area contributed by atoms with Crippen molar-refractivity contribution in [3.8, 4) is 0 Å². The highest BCUT2D eigenvalue weighted by Crippen LogP contribution is 2.36. The number of hydrogen-bond acceptors (Lipinski definition) is 4. The molecule has 2 aliphatic rings. The van der Waals surface area contributed by atoms with Crippen LogP contribution in [-0.4, -0.2) is 80.0 Å². The first-order chi connectivity index (χ1) is 17.8. The van der Waals surface area contributed by atoms with Crippen LogP contribution >= 0.6 is 11.6 Å². The Balaban J connectivity index is 1.68. The summed E-state index contributed by atoms with van der Waals surface area (Å²) in [7, 11) is 3.36. The monoisotopic (exact) mass is 540 g/mol. The van der Waals surface area contributed by atoms with Crippen LogP contribution in [0.1, 0.15) is 63.0 Å². The van der Waals surface area contributed by atoms with Crippen LogP contribution in [0, 0.1) is 17.7 Å². The van der Waals surface area contributed by atoms with Gasteiger partial charge in [-0.25, -0.2) is 14.0 Å². The lowest BCUT2D eigenvalue weighted by atomic mass is 9.85. The van der Waals surface area contributed by atoms with Crippen LogP contribution in [0.4, 0.5) is 14.0 Å². The Labute approximate surface area is 224 Å². The van der Waals surface area contributed by atoms with Gasteiger partial charge in [-0.05, 0) is 38.3 Å². The minimum absolute atomic E-state index is 0.0109. The Hall–Kier alpha value is -2.10. The third-order valence-corrected chi connectivity index (χ3v) is 7.92. The first kappa shape index (κ1) is 29.5. The van der Waals surface area contributed by atoms with Gasteiger partial charge in [-0.3, -0.25) is 0 Å². The van der Waals surface area contributed by atoms with Gasteiger partial charge in [0.2, 0.25) is 0 Å². The number of amides is 3. The molecule has 1 heterocycles.